The van der Waals surface area contributed by atoms with E-state index < -0.39 is 12.4 Å². The molecule has 0 aliphatic carbocycles. The van der Waals surface area contributed by atoms with Gasteiger partial charge in [-0.1, -0.05) is 24.3 Å². The summed E-state index contributed by atoms with van der Waals surface area (Å²) in [6.07, 6.45) is 0. The van der Waals surface area contributed by atoms with Crippen LogP contribution in [0.3, 0.4) is 0 Å². The van der Waals surface area contributed by atoms with E-state index >= 15 is 0 Å². The molecule has 0 unspecified atom stereocenters. The van der Waals surface area contributed by atoms with Crippen molar-refractivity contribution in [2.24, 2.45) is 0 Å². The molecule has 0 spiro atoms. The van der Waals surface area contributed by atoms with E-state index in [1.54, 1.807) is 18.2 Å². The van der Waals surface area contributed by atoms with Gasteiger partial charge in [0.2, 0.25) is 0 Å². The van der Waals surface area contributed by atoms with Crippen LogP contribution >= 0.6 is 0 Å². The SMILES string of the molecule is CCOCCOc1ccc2cc([B-](F)(F)F)ccc2c1.[K+]. The number of ether oxygens (including phenoxy) is 2. The third-order valence-electron chi connectivity index (χ3n) is 2.91. The first-order valence-electron chi connectivity index (χ1n) is 6.45. The van der Waals surface area contributed by atoms with E-state index in [2.05, 4.69) is 0 Å². The molecule has 2 rings (SSSR count). The molecule has 0 amide bonds. The van der Waals surface area contributed by atoms with Gasteiger partial charge in [0.05, 0.1) is 6.61 Å². The summed E-state index contributed by atoms with van der Waals surface area (Å²) >= 11 is 0. The molecule has 0 aliphatic rings. The zero-order chi connectivity index (χ0) is 14.6. The van der Waals surface area contributed by atoms with Gasteiger partial charge in [0.1, 0.15) is 12.4 Å². The molecule has 21 heavy (non-hydrogen) atoms. The molecule has 0 aromatic heterocycles. The maximum Gasteiger partial charge on any atom is 1.00 e. The van der Waals surface area contributed by atoms with Gasteiger partial charge in [-0.05, 0) is 29.8 Å². The number of hydrogen-bond donors (Lipinski definition) is 0. The first kappa shape index (κ1) is 19.0. The summed E-state index contributed by atoms with van der Waals surface area (Å²) in [7, 11) is 0. The molecule has 0 saturated carbocycles. The van der Waals surface area contributed by atoms with Gasteiger partial charge >= 0.3 is 58.4 Å². The fourth-order valence-corrected chi connectivity index (χ4v) is 1.90. The van der Waals surface area contributed by atoms with E-state index in [4.69, 9.17) is 9.47 Å². The molecule has 2 aromatic carbocycles. The van der Waals surface area contributed by atoms with Crippen molar-refractivity contribution in [1.29, 1.82) is 0 Å². The first-order valence-corrected chi connectivity index (χ1v) is 6.45. The molecule has 0 bridgehead atoms. The van der Waals surface area contributed by atoms with E-state index in [1.807, 2.05) is 6.92 Å². The molecule has 0 saturated heterocycles. The van der Waals surface area contributed by atoms with Crippen molar-refractivity contribution in [3.05, 3.63) is 36.4 Å². The van der Waals surface area contributed by atoms with E-state index in [0.29, 0.717) is 31.0 Å². The molecule has 0 heterocycles. The zero-order valence-corrected chi connectivity index (χ0v) is 15.2. The predicted octanol–water partition coefficient (Wildman–Crippen LogP) is 0.313. The minimum absolute atomic E-state index is 0. The van der Waals surface area contributed by atoms with Crippen LogP contribution in [0.5, 0.6) is 5.75 Å². The Hall–Kier alpha value is -0.0487. The Morgan fingerprint density at radius 1 is 0.952 bits per heavy atom. The number of fused-ring (bicyclic) bond motifs is 1. The van der Waals surface area contributed by atoms with Gasteiger partial charge in [-0.15, -0.1) is 5.46 Å². The van der Waals surface area contributed by atoms with E-state index in [9.17, 15) is 12.9 Å². The molecule has 0 fully saturated rings. The summed E-state index contributed by atoms with van der Waals surface area (Å²) in [5, 5.41) is 1.28. The molecule has 2 aromatic rings. The van der Waals surface area contributed by atoms with Gasteiger partial charge in [0, 0.05) is 6.61 Å². The average molecular weight is 322 g/mol. The second kappa shape index (κ2) is 8.55. The van der Waals surface area contributed by atoms with Crippen LogP contribution in [0.15, 0.2) is 36.4 Å². The van der Waals surface area contributed by atoms with Gasteiger partial charge in [-0.3, -0.25) is 0 Å². The van der Waals surface area contributed by atoms with Crippen LogP contribution in [-0.2, 0) is 4.74 Å². The monoisotopic (exact) mass is 322 g/mol. The second-order valence-corrected chi connectivity index (χ2v) is 4.39. The molecule has 0 N–H and O–H groups in total. The fraction of sp³-hybridized carbons (Fsp3) is 0.286. The average Bonchev–Trinajstić information content (AvgIpc) is 2.42. The van der Waals surface area contributed by atoms with Crippen LogP contribution in [0, 0.1) is 0 Å². The summed E-state index contributed by atoms with van der Waals surface area (Å²) in [5.41, 5.74) is -0.581. The summed E-state index contributed by atoms with van der Waals surface area (Å²) in [6.45, 7) is -1.52. The van der Waals surface area contributed by atoms with Gasteiger partial charge < -0.3 is 22.4 Å². The summed E-state index contributed by atoms with van der Waals surface area (Å²) in [4.78, 5) is 0. The molecule has 7 heteroatoms. The van der Waals surface area contributed by atoms with E-state index in [0.717, 1.165) is 11.5 Å². The molecule has 108 valence electrons. The van der Waals surface area contributed by atoms with Crippen molar-refractivity contribution in [1.82, 2.24) is 0 Å². The maximum atomic E-state index is 12.7. The predicted molar refractivity (Wildman–Crippen MR) is 74.6 cm³/mol. The Balaban J connectivity index is 0.00000220. The third-order valence-corrected chi connectivity index (χ3v) is 2.91. The molecule has 0 radical (unpaired) electrons. The summed E-state index contributed by atoms with van der Waals surface area (Å²) in [6, 6.07) is 8.77. The number of benzene rings is 2. The smallest absolute Gasteiger partial charge is 0.491 e. The molecule has 0 aliphatic heterocycles. The molecule has 2 nitrogen and oxygen atoms in total. The second-order valence-electron chi connectivity index (χ2n) is 4.39. The maximum absolute atomic E-state index is 12.7. The van der Waals surface area contributed by atoms with Crippen LogP contribution in [0.1, 0.15) is 6.92 Å². The van der Waals surface area contributed by atoms with Crippen molar-refractivity contribution >= 4 is 23.2 Å². The Morgan fingerprint density at radius 2 is 1.62 bits per heavy atom. The molecule has 0 atom stereocenters. The van der Waals surface area contributed by atoms with Crippen molar-refractivity contribution in [3.8, 4) is 5.75 Å². The van der Waals surface area contributed by atoms with Gasteiger partial charge in [-0.2, -0.15) is 0 Å². The number of halogens is 3. The first-order chi connectivity index (χ1) is 9.50. The Bertz CT molecular complexity index is 590. The largest absolute Gasteiger partial charge is 1.00 e. The van der Waals surface area contributed by atoms with Gasteiger partial charge in [-0.25, -0.2) is 0 Å². The fourth-order valence-electron chi connectivity index (χ4n) is 1.90. The third kappa shape index (κ3) is 5.58. The number of rotatable bonds is 6. The van der Waals surface area contributed by atoms with Crippen LogP contribution in [0.4, 0.5) is 12.9 Å². The van der Waals surface area contributed by atoms with Crippen LogP contribution in [0.25, 0.3) is 10.8 Å². The van der Waals surface area contributed by atoms with E-state index in [1.165, 1.54) is 12.1 Å². The van der Waals surface area contributed by atoms with Crippen molar-refractivity contribution in [2.75, 3.05) is 19.8 Å². The summed E-state index contributed by atoms with van der Waals surface area (Å²) < 4.78 is 48.6. The van der Waals surface area contributed by atoms with Crippen molar-refractivity contribution < 1.29 is 73.8 Å². The van der Waals surface area contributed by atoms with Crippen LogP contribution in [-0.4, -0.2) is 26.8 Å². The van der Waals surface area contributed by atoms with Gasteiger partial charge in [0.15, 0.2) is 0 Å². The van der Waals surface area contributed by atoms with Crippen LogP contribution < -0.4 is 61.6 Å². The van der Waals surface area contributed by atoms with Gasteiger partial charge in [0.25, 0.3) is 0 Å². The molecular formula is C14H15BF3KO2. The van der Waals surface area contributed by atoms with Crippen molar-refractivity contribution in [2.45, 2.75) is 6.92 Å². The van der Waals surface area contributed by atoms with Crippen molar-refractivity contribution in [3.63, 3.8) is 0 Å². The summed E-state index contributed by atoms with van der Waals surface area (Å²) in [5.74, 6) is 0.627. The standard InChI is InChI=1S/C14H15BF3O2.K/c1-2-19-7-8-20-14-6-4-11-9-13(15(16,17)18)5-3-12(11)10-14;/h3-6,9-10H,2,7-8H2,1H3;/q-1;+1. The van der Waals surface area contributed by atoms with Crippen LogP contribution in [0.2, 0.25) is 0 Å². The normalized spacial score (nSPS) is 11.2. The minimum atomic E-state index is -4.96. The Labute approximate surface area is 164 Å². The Kier molecular flexibility index (Phi) is 7.73. The zero-order valence-electron chi connectivity index (χ0n) is 12.1. The Morgan fingerprint density at radius 3 is 2.29 bits per heavy atom. The minimum Gasteiger partial charge on any atom is -0.491 e. The quantitative estimate of drug-likeness (QED) is 0.563. The topological polar surface area (TPSA) is 18.5 Å². The van der Waals surface area contributed by atoms with E-state index in [-0.39, 0.29) is 51.4 Å². The number of hydrogen-bond acceptors (Lipinski definition) is 2. The molecular weight excluding hydrogens is 307 g/mol.